The first kappa shape index (κ1) is 17.0. The lowest BCUT2D eigenvalue weighted by Crippen LogP contribution is -2.52. The predicted molar refractivity (Wildman–Crippen MR) is 102 cm³/mol. The minimum absolute atomic E-state index is 0.164. The molecule has 0 spiro atoms. The molecule has 0 atom stereocenters. The highest BCUT2D eigenvalue weighted by molar-refractivity contribution is 5.46. The van der Waals surface area contributed by atoms with Gasteiger partial charge in [0, 0.05) is 45.3 Å². The second kappa shape index (κ2) is 7.08. The minimum Gasteiger partial charge on any atom is -0.368 e. The Labute approximate surface area is 153 Å². The molecule has 2 fully saturated rings. The number of hydrogen-bond acceptors (Lipinski definition) is 8. The summed E-state index contributed by atoms with van der Waals surface area (Å²) in [5.74, 6) is 1.43. The molecular formula is C17H27N9. The number of hydrogen-bond donors (Lipinski definition) is 2. The van der Waals surface area contributed by atoms with Gasteiger partial charge in [-0.15, -0.1) is 5.10 Å². The van der Waals surface area contributed by atoms with E-state index >= 15 is 0 Å². The molecule has 0 aromatic carbocycles. The van der Waals surface area contributed by atoms with Gasteiger partial charge >= 0.3 is 0 Å². The average Bonchev–Trinajstić information content (AvgIpc) is 3.01. The van der Waals surface area contributed by atoms with Crippen molar-refractivity contribution in [1.29, 1.82) is 0 Å². The lowest BCUT2D eigenvalue weighted by Gasteiger charge is -2.42. The Hall–Kier alpha value is -2.39. The molecule has 0 aliphatic carbocycles. The second-order valence-electron chi connectivity index (χ2n) is 7.17. The first-order chi connectivity index (χ1) is 12.6. The molecule has 0 unspecified atom stereocenters. The Morgan fingerprint density at radius 2 is 1.73 bits per heavy atom. The Kier molecular flexibility index (Phi) is 4.64. The van der Waals surface area contributed by atoms with Crippen LogP contribution in [0.3, 0.4) is 0 Å². The highest BCUT2D eigenvalue weighted by Crippen LogP contribution is 2.23. The molecule has 4 rings (SSSR count). The molecule has 140 valence electrons. The van der Waals surface area contributed by atoms with Gasteiger partial charge in [0.05, 0.1) is 11.9 Å². The molecule has 4 heterocycles. The number of anilines is 3. The van der Waals surface area contributed by atoms with E-state index in [2.05, 4.69) is 36.8 Å². The standard InChI is InChI=1S/C17H27N9/c1-23-8-10-24(11-9-23)13-4-6-25(7-5-13)15-3-2-14(12-20-15)26-17(19)21-16(18)22-26/h2-3,12-13H,4-11H2,1H3,(H4,18,19,21,22). The highest BCUT2D eigenvalue weighted by atomic mass is 15.4. The lowest BCUT2D eigenvalue weighted by molar-refractivity contribution is 0.0981. The quantitative estimate of drug-likeness (QED) is 0.793. The molecule has 2 aliphatic rings. The Morgan fingerprint density at radius 3 is 2.31 bits per heavy atom. The van der Waals surface area contributed by atoms with Crippen LogP contribution < -0.4 is 16.4 Å². The maximum Gasteiger partial charge on any atom is 0.241 e. The van der Waals surface area contributed by atoms with E-state index in [0.717, 1.165) is 24.6 Å². The monoisotopic (exact) mass is 357 g/mol. The van der Waals surface area contributed by atoms with Gasteiger partial charge < -0.3 is 21.3 Å². The number of piperazine rings is 1. The predicted octanol–water partition coefficient (Wildman–Crippen LogP) is 0.0429. The fourth-order valence-corrected chi connectivity index (χ4v) is 3.87. The maximum absolute atomic E-state index is 5.81. The maximum atomic E-state index is 5.81. The lowest BCUT2D eigenvalue weighted by atomic mass is 10.0. The van der Waals surface area contributed by atoms with Crippen LogP contribution in [-0.2, 0) is 0 Å². The van der Waals surface area contributed by atoms with Gasteiger partial charge in [0.25, 0.3) is 0 Å². The topological polar surface area (TPSA) is 105 Å². The molecule has 2 aromatic rings. The van der Waals surface area contributed by atoms with Crippen molar-refractivity contribution in [3.63, 3.8) is 0 Å². The molecule has 0 bridgehead atoms. The molecular weight excluding hydrogens is 330 g/mol. The van der Waals surface area contributed by atoms with Crippen LogP contribution in [0.4, 0.5) is 17.7 Å². The summed E-state index contributed by atoms with van der Waals surface area (Å²) in [6.45, 7) is 6.83. The zero-order chi connectivity index (χ0) is 18.1. The van der Waals surface area contributed by atoms with Gasteiger partial charge in [0.2, 0.25) is 11.9 Å². The van der Waals surface area contributed by atoms with Crippen LogP contribution in [0.5, 0.6) is 0 Å². The van der Waals surface area contributed by atoms with Gasteiger partial charge in [-0.25, -0.2) is 4.98 Å². The molecule has 2 saturated heterocycles. The second-order valence-corrected chi connectivity index (χ2v) is 7.17. The van der Waals surface area contributed by atoms with Crippen LogP contribution in [0.25, 0.3) is 5.69 Å². The number of nitrogens with two attached hydrogens (primary N) is 2. The van der Waals surface area contributed by atoms with Crippen LogP contribution in [0.1, 0.15) is 12.8 Å². The van der Waals surface area contributed by atoms with E-state index in [9.17, 15) is 0 Å². The SMILES string of the molecule is CN1CCN(C2CCN(c3ccc(-n4nc(N)nc4N)cn3)CC2)CC1. The largest absolute Gasteiger partial charge is 0.368 e. The molecule has 2 aromatic heterocycles. The number of aromatic nitrogens is 4. The van der Waals surface area contributed by atoms with Crippen molar-refractivity contribution in [3.05, 3.63) is 18.3 Å². The zero-order valence-corrected chi connectivity index (χ0v) is 15.3. The minimum atomic E-state index is 0.164. The fraction of sp³-hybridized carbons (Fsp3) is 0.588. The Bertz CT molecular complexity index is 725. The van der Waals surface area contributed by atoms with Crippen molar-refractivity contribution in [3.8, 4) is 5.69 Å². The van der Waals surface area contributed by atoms with Crippen molar-refractivity contribution in [2.75, 3.05) is 62.7 Å². The highest BCUT2D eigenvalue weighted by Gasteiger charge is 2.27. The van der Waals surface area contributed by atoms with Crippen molar-refractivity contribution in [1.82, 2.24) is 29.5 Å². The summed E-state index contributed by atoms with van der Waals surface area (Å²) in [6.07, 6.45) is 4.16. The number of nitrogen functional groups attached to an aromatic ring is 2. The molecule has 2 aliphatic heterocycles. The fourth-order valence-electron chi connectivity index (χ4n) is 3.87. The van der Waals surface area contributed by atoms with E-state index in [4.69, 9.17) is 11.5 Å². The Balaban J connectivity index is 1.36. The van der Waals surface area contributed by atoms with Crippen molar-refractivity contribution < 1.29 is 0 Å². The first-order valence-electron chi connectivity index (χ1n) is 9.22. The van der Waals surface area contributed by atoms with Crippen LogP contribution in [-0.4, -0.2) is 81.9 Å². The third-order valence-corrected chi connectivity index (χ3v) is 5.47. The van der Waals surface area contributed by atoms with E-state index in [0.29, 0.717) is 6.04 Å². The number of nitrogens with zero attached hydrogens (tertiary/aromatic N) is 7. The number of likely N-dealkylation sites (N-methyl/N-ethyl adjacent to an activating group) is 1. The van der Waals surface area contributed by atoms with Gasteiger partial charge in [0.1, 0.15) is 5.82 Å². The summed E-state index contributed by atoms with van der Waals surface area (Å²) in [6, 6.07) is 4.68. The normalized spacial score (nSPS) is 20.6. The summed E-state index contributed by atoms with van der Waals surface area (Å²) >= 11 is 0. The van der Waals surface area contributed by atoms with Gasteiger partial charge in [-0.05, 0) is 32.0 Å². The number of piperidine rings is 1. The molecule has 26 heavy (non-hydrogen) atoms. The molecule has 4 N–H and O–H groups in total. The third kappa shape index (κ3) is 3.45. The van der Waals surface area contributed by atoms with Gasteiger partial charge in [-0.2, -0.15) is 9.67 Å². The summed E-state index contributed by atoms with van der Waals surface area (Å²) in [5.41, 5.74) is 12.2. The van der Waals surface area contributed by atoms with E-state index in [-0.39, 0.29) is 11.9 Å². The van der Waals surface area contributed by atoms with Gasteiger partial charge in [-0.1, -0.05) is 0 Å². The van der Waals surface area contributed by atoms with Crippen LogP contribution in [0.15, 0.2) is 18.3 Å². The van der Waals surface area contributed by atoms with E-state index in [1.807, 2.05) is 12.1 Å². The first-order valence-corrected chi connectivity index (χ1v) is 9.22. The molecule has 0 amide bonds. The molecule has 9 nitrogen and oxygen atoms in total. The summed E-state index contributed by atoms with van der Waals surface area (Å²) in [4.78, 5) is 15.9. The summed E-state index contributed by atoms with van der Waals surface area (Å²) in [7, 11) is 2.20. The molecule has 0 radical (unpaired) electrons. The number of pyridine rings is 1. The number of rotatable bonds is 3. The van der Waals surface area contributed by atoms with Crippen LogP contribution in [0, 0.1) is 0 Å². The molecule has 9 heteroatoms. The summed E-state index contributed by atoms with van der Waals surface area (Å²) < 4.78 is 1.51. The van der Waals surface area contributed by atoms with Crippen molar-refractivity contribution in [2.24, 2.45) is 0 Å². The molecule has 0 saturated carbocycles. The zero-order valence-electron chi connectivity index (χ0n) is 15.3. The van der Waals surface area contributed by atoms with Crippen molar-refractivity contribution in [2.45, 2.75) is 18.9 Å². The average molecular weight is 357 g/mol. The smallest absolute Gasteiger partial charge is 0.241 e. The Morgan fingerprint density at radius 1 is 1.00 bits per heavy atom. The van der Waals surface area contributed by atoms with E-state index < -0.39 is 0 Å². The third-order valence-electron chi connectivity index (χ3n) is 5.47. The van der Waals surface area contributed by atoms with Crippen LogP contribution >= 0.6 is 0 Å². The van der Waals surface area contributed by atoms with E-state index in [1.165, 1.54) is 43.7 Å². The van der Waals surface area contributed by atoms with Gasteiger partial charge in [0.15, 0.2) is 0 Å². The van der Waals surface area contributed by atoms with Crippen molar-refractivity contribution >= 4 is 17.7 Å². The summed E-state index contributed by atoms with van der Waals surface area (Å²) in [5, 5.41) is 4.09. The van der Waals surface area contributed by atoms with Crippen LogP contribution in [0.2, 0.25) is 0 Å². The van der Waals surface area contributed by atoms with E-state index in [1.54, 1.807) is 6.20 Å². The van der Waals surface area contributed by atoms with Gasteiger partial charge in [-0.3, -0.25) is 4.90 Å².